The summed E-state index contributed by atoms with van der Waals surface area (Å²) in [4.78, 5) is 26.1. The molecule has 5 aliphatic rings. The number of carboxylic acids is 1. The summed E-state index contributed by atoms with van der Waals surface area (Å²) in [5.74, 6) is 0.401. The van der Waals surface area contributed by atoms with Crippen molar-refractivity contribution >= 4 is 11.9 Å². The first-order valence-corrected chi connectivity index (χ1v) is 16.8. The van der Waals surface area contributed by atoms with Gasteiger partial charge in [0, 0.05) is 23.6 Å². The maximum absolute atomic E-state index is 14.0. The monoisotopic (exact) mass is 572 g/mol. The maximum atomic E-state index is 14.0. The van der Waals surface area contributed by atoms with Crippen LogP contribution in [0.3, 0.4) is 0 Å². The number of carbonyl (C=O) groups excluding carboxylic acids is 1. The molecule has 1 unspecified atom stereocenters. The van der Waals surface area contributed by atoms with E-state index < -0.39 is 11.4 Å². The molecule has 1 amide bonds. The summed E-state index contributed by atoms with van der Waals surface area (Å²) < 4.78 is 2.36. The lowest BCUT2D eigenvalue weighted by Gasteiger charge is -2.33. The quantitative estimate of drug-likeness (QED) is 0.350. The molecule has 2 aromatic rings. The van der Waals surface area contributed by atoms with Gasteiger partial charge in [-0.05, 0) is 116 Å². The third-order valence-corrected chi connectivity index (χ3v) is 11.9. The van der Waals surface area contributed by atoms with Crippen LogP contribution < -0.4 is 5.32 Å². The van der Waals surface area contributed by atoms with Crippen molar-refractivity contribution in [3.63, 3.8) is 0 Å². The van der Waals surface area contributed by atoms with Crippen LogP contribution >= 0.6 is 0 Å². The van der Waals surface area contributed by atoms with Crippen molar-refractivity contribution < 1.29 is 14.7 Å². The highest BCUT2D eigenvalue weighted by molar-refractivity contribution is 5.96. The highest BCUT2D eigenvalue weighted by atomic mass is 16.4. The van der Waals surface area contributed by atoms with Gasteiger partial charge < -0.3 is 15.0 Å². The third-order valence-electron chi connectivity index (χ3n) is 11.9. The van der Waals surface area contributed by atoms with E-state index in [0.29, 0.717) is 18.3 Å². The molecule has 42 heavy (non-hydrogen) atoms. The van der Waals surface area contributed by atoms with Crippen LogP contribution in [0.5, 0.6) is 0 Å². The molecule has 5 saturated carbocycles. The molecule has 7 rings (SSSR count). The Hall–Kier alpha value is -2.56. The molecule has 2 bridgehead atoms. The Morgan fingerprint density at radius 2 is 1.62 bits per heavy atom. The topological polar surface area (TPSA) is 71.3 Å². The van der Waals surface area contributed by atoms with Crippen molar-refractivity contribution in [2.24, 2.45) is 17.3 Å². The predicted octanol–water partition coefficient (Wildman–Crippen LogP) is 8.41. The second kappa shape index (κ2) is 10.9. The number of aliphatic carboxylic acids is 1. The zero-order chi connectivity index (χ0) is 29.9. The summed E-state index contributed by atoms with van der Waals surface area (Å²) in [6.45, 7) is 11.4. The van der Waals surface area contributed by atoms with Crippen LogP contribution in [0, 0.1) is 24.2 Å². The fourth-order valence-corrected chi connectivity index (χ4v) is 8.29. The molecule has 5 fully saturated rings. The second-order valence-corrected chi connectivity index (χ2v) is 15.8. The number of nitrogens with zero attached hydrogens (tertiary/aromatic N) is 1. The zero-order valence-electron chi connectivity index (χ0n) is 26.7. The highest BCUT2D eigenvalue weighted by Gasteiger charge is 2.47. The molecule has 0 spiro atoms. The number of rotatable bonds is 7. The Kier molecular flexibility index (Phi) is 7.63. The SMILES string of the molecule is Cc1c(C(=O)NC2CCC3(C(=O)O)CCC2CC3)cn(-c2cc(C(C)(C)C)cc(C3(C)CC3)c2)c1CC1CCCCC1. The number of nitrogens with one attached hydrogen (secondary N) is 1. The van der Waals surface area contributed by atoms with Crippen molar-refractivity contribution in [2.45, 2.75) is 141 Å². The molecule has 1 aromatic heterocycles. The molecule has 5 nitrogen and oxygen atoms in total. The van der Waals surface area contributed by atoms with Crippen LogP contribution in [0.25, 0.3) is 5.69 Å². The Morgan fingerprint density at radius 1 is 0.952 bits per heavy atom. The van der Waals surface area contributed by atoms with Gasteiger partial charge in [0.25, 0.3) is 5.91 Å². The van der Waals surface area contributed by atoms with Gasteiger partial charge >= 0.3 is 5.97 Å². The van der Waals surface area contributed by atoms with Gasteiger partial charge in [0.05, 0.1) is 11.0 Å². The largest absolute Gasteiger partial charge is 0.481 e. The Morgan fingerprint density at radius 3 is 2.24 bits per heavy atom. The number of carbonyl (C=O) groups is 2. The van der Waals surface area contributed by atoms with Crippen LogP contribution in [0.4, 0.5) is 0 Å². The molecule has 5 heteroatoms. The third kappa shape index (κ3) is 5.57. The van der Waals surface area contributed by atoms with Gasteiger partial charge in [0.2, 0.25) is 0 Å². The van der Waals surface area contributed by atoms with Gasteiger partial charge in [0.1, 0.15) is 0 Å². The standard InChI is InChI=1S/C37H52N2O3/c1-24-30(33(40)38-31-13-16-37(34(41)42)14-11-26(31)12-15-37)23-39(32(24)19-25-9-7-6-8-10-25)29-21-27(35(2,3)4)20-28(22-29)36(5)17-18-36/h20-23,25-26,31H,6-19H2,1-5H3,(H,38,40)(H,41,42). The van der Waals surface area contributed by atoms with Crippen molar-refractivity contribution in [3.8, 4) is 5.69 Å². The lowest BCUT2D eigenvalue weighted by molar-refractivity contribution is -0.151. The van der Waals surface area contributed by atoms with Crippen LogP contribution in [-0.4, -0.2) is 27.6 Å². The van der Waals surface area contributed by atoms with E-state index in [1.54, 1.807) is 0 Å². The van der Waals surface area contributed by atoms with E-state index in [2.05, 4.69) is 68.9 Å². The first-order chi connectivity index (χ1) is 19.9. The minimum Gasteiger partial charge on any atom is -0.481 e. The number of fused-ring (bicyclic) bond motifs is 4. The van der Waals surface area contributed by atoms with Gasteiger partial charge in [0.15, 0.2) is 0 Å². The Labute approximate surface area is 252 Å². The normalized spacial score (nSPS) is 27.5. The summed E-state index contributed by atoms with van der Waals surface area (Å²) in [5, 5.41) is 13.4. The predicted molar refractivity (Wildman–Crippen MR) is 169 cm³/mol. The van der Waals surface area contributed by atoms with Gasteiger partial charge in [-0.15, -0.1) is 0 Å². The number of amides is 1. The molecule has 0 aliphatic heterocycles. The first kappa shape index (κ1) is 29.5. The Bertz CT molecular complexity index is 1320. The molecule has 5 aliphatic carbocycles. The maximum Gasteiger partial charge on any atom is 0.309 e. The summed E-state index contributed by atoms with van der Waals surface area (Å²) in [7, 11) is 0. The van der Waals surface area contributed by atoms with E-state index in [0.717, 1.165) is 49.7 Å². The number of hydrogen-bond acceptors (Lipinski definition) is 2. The summed E-state index contributed by atoms with van der Waals surface area (Å²) >= 11 is 0. The summed E-state index contributed by atoms with van der Waals surface area (Å²) in [6, 6.07) is 7.22. The molecule has 1 aromatic carbocycles. The number of aromatic nitrogens is 1. The van der Waals surface area contributed by atoms with E-state index in [9.17, 15) is 14.7 Å². The van der Waals surface area contributed by atoms with Crippen LogP contribution in [0.15, 0.2) is 24.4 Å². The van der Waals surface area contributed by atoms with Gasteiger partial charge in [-0.25, -0.2) is 0 Å². The van der Waals surface area contributed by atoms with E-state index in [-0.39, 0.29) is 22.8 Å². The zero-order valence-corrected chi connectivity index (χ0v) is 26.7. The average molecular weight is 573 g/mol. The average Bonchev–Trinajstić information content (AvgIpc) is 3.71. The highest BCUT2D eigenvalue weighted by Crippen LogP contribution is 2.50. The summed E-state index contributed by atoms with van der Waals surface area (Å²) in [5.41, 5.74) is 6.86. The lowest BCUT2D eigenvalue weighted by Crippen LogP contribution is -2.40. The van der Waals surface area contributed by atoms with Crippen LogP contribution in [0.2, 0.25) is 0 Å². The molecule has 1 heterocycles. The minimum absolute atomic E-state index is 0.0113. The smallest absolute Gasteiger partial charge is 0.309 e. The van der Waals surface area contributed by atoms with E-state index >= 15 is 0 Å². The number of carboxylic acid groups (broad SMARTS) is 1. The molecule has 2 N–H and O–H groups in total. The van der Waals surface area contributed by atoms with Crippen LogP contribution in [-0.2, 0) is 22.0 Å². The fourth-order valence-electron chi connectivity index (χ4n) is 8.29. The van der Waals surface area contributed by atoms with Gasteiger partial charge in [-0.1, -0.05) is 65.9 Å². The fraction of sp³-hybridized carbons (Fsp3) is 0.676. The first-order valence-electron chi connectivity index (χ1n) is 16.8. The van der Waals surface area contributed by atoms with Crippen molar-refractivity contribution in [1.29, 1.82) is 0 Å². The van der Waals surface area contributed by atoms with E-state index in [1.807, 2.05) is 0 Å². The van der Waals surface area contributed by atoms with Gasteiger partial charge in [-0.2, -0.15) is 0 Å². The molecular formula is C37H52N2O3. The molecule has 0 saturated heterocycles. The minimum atomic E-state index is -0.648. The Balaban J connectivity index is 1.36. The van der Waals surface area contributed by atoms with Crippen molar-refractivity contribution in [3.05, 3.63) is 52.3 Å². The molecular weight excluding hydrogens is 520 g/mol. The summed E-state index contributed by atoms with van der Waals surface area (Å²) in [6.07, 6.45) is 16.8. The molecule has 1 atom stereocenters. The molecule has 0 radical (unpaired) electrons. The number of hydrogen-bond donors (Lipinski definition) is 2. The van der Waals surface area contributed by atoms with Crippen LogP contribution in [0.1, 0.15) is 144 Å². The lowest BCUT2D eigenvalue weighted by atomic mass is 9.71. The van der Waals surface area contributed by atoms with Crippen molar-refractivity contribution in [2.75, 3.05) is 0 Å². The van der Waals surface area contributed by atoms with Gasteiger partial charge in [-0.3, -0.25) is 9.59 Å². The van der Waals surface area contributed by atoms with E-state index in [4.69, 9.17) is 0 Å². The number of benzene rings is 1. The van der Waals surface area contributed by atoms with E-state index in [1.165, 1.54) is 67.5 Å². The van der Waals surface area contributed by atoms with Crippen molar-refractivity contribution in [1.82, 2.24) is 9.88 Å². The second-order valence-electron chi connectivity index (χ2n) is 15.8. The molecule has 228 valence electrons.